The highest BCUT2D eigenvalue weighted by atomic mass is 35.5. The standard InChI is InChI=1S/C33H31Cl2N5O2/c1-42-28-9-5-8-25(20-28)36-32-22-31(23-6-3-2-4-7-23)39-30-15-12-26(21-29(30)32)38-33(41)37-24-10-13-27(14-11-24)40(18-16-34)19-17-35/h2-15,20-22H,16-19H2,1H3,(H,36,39)(H2,37,38,41). The van der Waals surface area contributed by atoms with Crippen LogP contribution in [0.3, 0.4) is 0 Å². The fourth-order valence-electron chi connectivity index (χ4n) is 4.64. The highest BCUT2D eigenvalue weighted by Crippen LogP contribution is 2.33. The minimum absolute atomic E-state index is 0.350. The second-order valence-electron chi connectivity index (χ2n) is 9.50. The molecule has 4 aromatic carbocycles. The molecule has 0 unspecified atom stereocenters. The maximum atomic E-state index is 12.9. The van der Waals surface area contributed by atoms with E-state index in [0.29, 0.717) is 36.2 Å². The van der Waals surface area contributed by atoms with E-state index in [1.807, 2.05) is 103 Å². The van der Waals surface area contributed by atoms with Crippen LogP contribution in [0.5, 0.6) is 5.75 Å². The van der Waals surface area contributed by atoms with Gasteiger partial charge in [-0.2, -0.15) is 0 Å². The van der Waals surface area contributed by atoms with Crippen LogP contribution >= 0.6 is 23.2 Å². The Kier molecular flexibility index (Phi) is 9.64. The summed E-state index contributed by atoms with van der Waals surface area (Å²) in [6.07, 6.45) is 0. The molecule has 1 aromatic heterocycles. The van der Waals surface area contributed by atoms with E-state index in [9.17, 15) is 4.79 Å². The number of aromatic nitrogens is 1. The van der Waals surface area contributed by atoms with E-state index in [0.717, 1.165) is 45.0 Å². The van der Waals surface area contributed by atoms with E-state index < -0.39 is 0 Å². The summed E-state index contributed by atoms with van der Waals surface area (Å²) in [6, 6.07) is 32.7. The average Bonchev–Trinajstić information content (AvgIpc) is 3.02. The second-order valence-corrected chi connectivity index (χ2v) is 10.3. The number of fused-ring (bicyclic) bond motifs is 1. The molecular weight excluding hydrogens is 569 g/mol. The first-order valence-electron chi connectivity index (χ1n) is 13.5. The van der Waals surface area contributed by atoms with Crippen molar-refractivity contribution in [2.24, 2.45) is 0 Å². The highest BCUT2D eigenvalue weighted by molar-refractivity contribution is 6.18. The number of hydrogen-bond acceptors (Lipinski definition) is 5. The molecule has 0 aliphatic rings. The van der Waals surface area contributed by atoms with E-state index in [1.54, 1.807) is 7.11 Å². The summed E-state index contributed by atoms with van der Waals surface area (Å²) >= 11 is 11.9. The van der Waals surface area contributed by atoms with Gasteiger partial charge >= 0.3 is 6.03 Å². The number of carbonyl (C=O) groups is 1. The summed E-state index contributed by atoms with van der Waals surface area (Å²) in [5.74, 6) is 1.76. The number of nitrogens with one attached hydrogen (secondary N) is 3. The van der Waals surface area contributed by atoms with Crippen molar-refractivity contribution in [3.63, 3.8) is 0 Å². The first-order chi connectivity index (χ1) is 20.6. The number of hydrogen-bond donors (Lipinski definition) is 3. The van der Waals surface area contributed by atoms with Gasteiger partial charge in [-0.1, -0.05) is 36.4 Å². The maximum absolute atomic E-state index is 12.9. The van der Waals surface area contributed by atoms with Gasteiger partial charge in [0, 0.05) is 64.6 Å². The fourth-order valence-corrected chi connectivity index (χ4v) is 5.05. The molecule has 5 aromatic rings. The Morgan fingerprint density at radius 2 is 1.50 bits per heavy atom. The number of rotatable bonds is 11. The molecule has 1 heterocycles. The zero-order valence-corrected chi connectivity index (χ0v) is 24.6. The van der Waals surface area contributed by atoms with Gasteiger partial charge in [-0.15, -0.1) is 23.2 Å². The Morgan fingerprint density at radius 1 is 0.786 bits per heavy atom. The molecule has 0 saturated heterocycles. The van der Waals surface area contributed by atoms with Crippen molar-refractivity contribution in [2.75, 3.05) is 52.8 Å². The van der Waals surface area contributed by atoms with E-state index in [4.69, 9.17) is 32.9 Å². The number of pyridine rings is 1. The molecule has 7 nitrogen and oxygen atoms in total. The Morgan fingerprint density at radius 3 is 2.21 bits per heavy atom. The van der Waals surface area contributed by atoms with Gasteiger partial charge in [-0.25, -0.2) is 9.78 Å². The van der Waals surface area contributed by atoms with Crippen LogP contribution in [0.1, 0.15) is 0 Å². The molecule has 0 spiro atoms. The molecule has 2 amide bonds. The quantitative estimate of drug-likeness (QED) is 0.132. The third-order valence-electron chi connectivity index (χ3n) is 6.68. The van der Waals surface area contributed by atoms with Crippen molar-refractivity contribution >= 4 is 68.6 Å². The van der Waals surface area contributed by atoms with E-state index in [-0.39, 0.29) is 6.03 Å². The number of urea groups is 1. The molecule has 3 N–H and O–H groups in total. The summed E-state index contributed by atoms with van der Waals surface area (Å²) < 4.78 is 5.40. The lowest BCUT2D eigenvalue weighted by Gasteiger charge is -2.23. The Labute approximate surface area is 255 Å². The predicted molar refractivity (Wildman–Crippen MR) is 176 cm³/mol. The van der Waals surface area contributed by atoms with Crippen LogP contribution in [-0.4, -0.2) is 43.0 Å². The smallest absolute Gasteiger partial charge is 0.323 e. The van der Waals surface area contributed by atoms with Gasteiger partial charge in [0.2, 0.25) is 0 Å². The summed E-state index contributed by atoms with van der Waals surface area (Å²) in [6.45, 7) is 1.39. The molecule has 5 rings (SSSR count). The number of amides is 2. The van der Waals surface area contributed by atoms with Gasteiger partial charge < -0.3 is 25.6 Å². The number of methoxy groups -OCH3 is 1. The van der Waals surface area contributed by atoms with E-state index in [1.165, 1.54) is 0 Å². The number of carbonyl (C=O) groups excluding carboxylic acids is 1. The minimum Gasteiger partial charge on any atom is -0.497 e. The third-order valence-corrected chi connectivity index (χ3v) is 7.02. The highest BCUT2D eigenvalue weighted by Gasteiger charge is 2.12. The van der Waals surface area contributed by atoms with Crippen molar-refractivity contribution < 1.29 is 9.53 Å². The normalized spacial score (nSPS) is 10.7. The van der Waals surface area contributed by atoms with Gasteiger partial charge in [-0.05, 0) is 60.7 Å². The predicted octanol–water partition coefficient (Wildman–Crippen LogP) is 8.58. The molecule has 9 heteroatoms. The largest absolute Gasteiger partial charge is 0.497 e. The zero-order valence-electron chi connectivity index (χ0n) is 23.1. The van der Waals surface area contributed by atoms with Gasteiger partial charge in [-0.3, -0.25) is 0 Å². The first-order valence-corrected chi connectivity index (χ1v) is 14.6. The van der Waals surface area contributed by atoms with E-state index in [2.05, 4.69) is 20.9 Å². The third kappa shape index (κ3) is 7.24. The number of benzene rings is 4. The molecule has 0 atom stereocenters. The van der Waals surface area contributed by atoms with Crippen molar-refractivity contribution in [1.82, 2.24) is 4.98 Å². The van der Waals surface area contributed by atoms with Crippen LogP contribution in [0.2, 0.25) is 0 Å². The van der Waals surface area contributed by atoms with Crippen molar-refractivity contribution in [3.8, 4) is 17.0 Å². The molecule has 0 saturated carbocycles. The maximum Gasteiger partial charge on any atom is 0.323 e. The molecule has 0 aliphatic carbocycles. The number of nitrogens with zero attached hydrogens (tertiary/aromatic N) is 2. The molecule has 0 fully saturated rings. The second kappa shape index (κ2) is 13.9. The number of halogens is 2. The molecule has 0 bridgehead atoms. The topological polar surface area (TPSA) is 78.5 Å². The minimum atomic E-state index is -0.350. The van der Waals surface area contributed by atoms with Gasteiger partial charge in [0.15, 0.2) is 0 Å². The number of alkyl halides is 2. The van der Waals surface area contributed by atoms with Crippen LogP contribution in [0.4, 0.5) is 33.2 Å². The van der Waals surface area contributed by atoms with Crippen LogP contribution in [0.25, 0.3) is 22.2 Å². The van der Waals surface area contributed by atoms with Gasteiger partial charge in [0.05, 0.1) is 24.0 Å². The van der Waals surface area contributed by atoms with Crippen molar-refractivity contribution in [1.29, 1.82) is 0 Å². The molecule has 214 valence electrons. The Hall–Kier alpha value is -4.46. The first kappa shape index (κ1) is 29.0. The average molecular weight is 601 g/mol. The lowest BCUT2D eigenvalue weighted by Crippen LogP contribution is -2.27. The van der Waals surface area contributed by atoms with E-state index >= 15 is 0 Å². The van der Waals surface area contributed by atoms with Gasteiger partial charge in [0.25, 0.3) is 0 Å². The van der Waals surface area contributed by atoms with Crippen LogP contribution < -0.4 is 25.6 Å². The monoisotopic (exact) mass is 599 g/mol. The summed E-state index contributed by atoms with van der Waals surface area (Å²) in [5, 5.41) is 10.2. The Balaban J connectivity index is 1.39. The summed E-state index contributed by atoms with van der Waals surface area (Å²) in [5.41, 5.74) is 6.66. The summed E-state index contributed by atoms with van der Waals surface area (Å²) in [7, 11) is 1.64. The van der Waals surface area contributed by atoms with Gasteiger partial charge in [0.1, 0.15) is 5.75 Å². The SMILES string of the molecule is COc1cccc(Nc2cc(-c3ccccc3)nc3ccc(NC(=O)Nc4ccc(N(CCCl)CCCl)cc4)cc23)c1. The van der Waals surface area contributed by atoms with Crippen LogP contribution in [0.15, 0.2) is 103 Å². The number of ether oxygens (including phenoxy) is 1. The molecule has 42 heavy (non-hydrogen) atoms. The lowest BCUT2D eigenvalue weighted by molar-refractivity contribution is 0.262. The fraction of sp³-hybridized carbons (Fsp3) is 0.152. The van der Waals surface area contributed by atoms with Crippen molar-refractivity contribution in [2.45, 2.75) is 0 Å². The molecular formula is C33H31Cl2N5O2. The lowest BCUT2D eigenvalue weighted by atomic mass is 10.1. The summed E-state index contributed by atoms with van der Waals surface area (Å²) in [4.78, 5) is 19.9. The van der Waals surface area contributed by atoms with Crippen LogP contribution in [-0.2, 0) is 0 Å². The zero-order chi connectivity index (χ0) is 29.3. The van der Waals surface area contributed by atoms with Crippen molar-refractivity contribution in [3.05, 3.63) is 103 Å². The van der Waals surface area contributed by atoms with Crippen LogP contribution in [0, 0.1) is 0 Å². The Bertz CT molecular complexity index is 1640. The molecule has 0 aliphatic heterocycles. The number of anilines is 5. The molecule has 0 radical (unpaired) electrons.